The van der Waals surface area contributed by atoms with Gasteiger partial charge in [-0.2, -0.15) is 0 Å². The van der Waals surface area contributed by atoms with Gasteiger partial charge in [0.05, 0.1) is 0 Å². The fourth-order valence-corrected chi connectivity index (χ4v) is 2.74. The molecule has 0 aromatic heterocycles. The van der Waals surface area contributed by atoms with E-state index < -0.39 is 12.0 Å². The Morgan fingerprint density at radius 3 is 2.82 bits per heavy atom. The molecule has 22 heavy (non-hydrogen) atoms. The first-order valence-electron chi connectivity index (χ1n) is 7.19. The van der Waals surface area contributed by atoms with Gasteiger partial charge in [-0.1, -0.05) is 35.4 Å². The van der Waals surface area contributed by atoms with Crippen molar-refractivity contribution in [2.45, 2.75) is 25.3 Å². The normalized spacial score (nSPS) is 18.8. The van der Waals surface area contributed by atoms with Crippen molar-refractivity contribution in [3.05, 3.63) is 46.3 Å². The number of amides is 1. The van der Waals surface area contributed by atoms with Crippen molar-refractivity contribution in [3.63, 3.8) is 0 Å². The zero-order valence-electron chi connectivity index (χ0n) is 12.1. The fraction of sp³-hybridized carbons (Fsp3) is 0.467. The van der Waals surface area contributed by atoms with E-state index in [0.29, 0.717) is 19.4 Å². The summed E-state index contributed by atoms with van der Waals surface area (Å²) >= 11 is 0. The highest BCUT2D eigenvalue weighted by atomic mass is 16.4. The van der Waals surface area contributed by atoms with Gasteiger partial charge in [0.2, 0.25) is 5.91 Å². The lowest BCUT2D eigenvalue weighted by Crippen LogP contribution is -2.42. The monoisotopic (exact) mass is 302 g/mol. The van der Waals surface area contributed by atoms with Gasteiger partial charge >= 0.3 is 5.97 Å². The van der Waals surface area contributed by atoms with Crippen LogP contribution in [0.25, 0.3) is 10.4 Å². The first-order chi connectivity index (χ1) is 10.6. The largest absolute Gasteiger partial charge is 0.480 e. The number of aliphatic carboxylic acids is 1. The number of rotatable bonds is 7. The molecule has 1 aromatic rings. The molecule has 1 aliphatic rings. The summed E-state index contributed by atoms with van der Waals surface area (Å²) in [5.41, 5.74) is 9.38. The van der Waals surface area contributed by atoms with Crippen LogP contribution in [-0.2, 0) is 16.0 Å². The lowest BCUT2D eigenvalue weighted by Gasteiger charge is -2.24. The Hall–Kier alpha value is -2.53. The molecule has 2 atom stereocenters. The number of azide groups is 1. The minimum atomic E-state index is -0.992. The number of benzene rings is 1. The SMILES string of the molecule is [N-]=[N+]=NCC1CC(=O)N(C(CCc2ccccc2)C(=O)O)C1. The molecule has 116 valence electrons. The molecule has 0 saturated carbocycles. The van der Waals surface area contributed by atoms with Crippen molar-refractivity contribution in [1.29, 1.82) is 0 Å². The molecule has 2 rings (SSSR count). The predicted molar refractivity (Wildman–Crippen MR) is 80.0 cm³/mol. The molecule has 7 nitrogen and oxygen atoms in total. The number of carboxylic acid groups (broad SMARTS) is 1. The second kappa shape index (κ2) is 7.47. The van der Waals surface area contributed by atoms with E-state index in [2.05, 4.69) is 10.0 Å². The lowest BCUT2D eigenvalue weighted by molar-refractivity contribution is -0.148. The Morgan fingerprint density at radius 1 is 1.45 bits per heavy atom. The van der Waals surface area contributed by atoms with Gasteiger partial charge in [-0.15, -0.1) is 0 Å². The summed E-state index contributed by atoms with van der Waals surface area (Å²) in [5, 5.41) is 12.9. The minimum Gasteiger partial charge on any atom is -0.480 e. The maximum absolute atomic E-state index is 12.0. The highest BCUT2D eigenvalue weighted by Gasteiger charge is 2.37. The van der Waals surface area contributed by atoms with Gasteiger partial charge in [0, 0.05) is 24.4 Å². The van der Waals surface area contributed by atoms with Crippen molar-refractivity contribution >= 4 is 11.9 Å². The molecule has 0 spiro atoms. The summed E-state index contributed by atoms with van der Waals surface area (Å²) in [6.07, 6.45) is 1.22. The average Bonchev–Trinajstić information content (AvgIpc) is 2.87. The first-order valence-corrected chi connectivity index (χ1v) is 7.19. The Labute approximate surface area is 128 Å². The Morgan fingerprint density at radius 2 is 2.18 bits per heavy atom. The molecule has 1 saturated heterocycles. The first kappa shape index (κ1) is 15.9. The van der Waals surface area contributed by atoms with Crippen LogP contribution in [0.2, 0.25) is 0 Å². The quantitative estimate of drug-likeness (QED) is 0.474. The standard InChI is InChI=1S/C15H18N4O3/c16-18-17-9-12-8-14(20)19(10-12)13(15(21)22)7-6-11-4-2-1-3-5-11/h1-5,12-13H,6-10H2,(H,21,22). The Kier molecular flexibility index (Phi) is 5.38. The van der Waals surface area contributed by atoms with Gasteiger partial charge in [-0.25, -0.2) is 4.79 Å². The summed E-state index contributed by atoms with van der Waals surface area (Å²) in [5.74, 6) is -1.27. The number of hydrogen-bond donors (Lipinski definition) is 1. The topological polar surface area (TPSA) is 106 Å². The molecule has 0 bridgehead atoms. The van der Waals surface area contributed by atoms with Crippen LogP contribution in [0.4, 0.5) is 0 Å². The van der Waals surface area contributed by atoms with Crippen LogP contribution in [0.15, 0.2) is 35.4 Å². The third-order valence-electron chi connectivity index (χ3n) is 3.85. The van der Waals surface area contributed by atoms with Gasteiger partial charge in [-0.05, 0) is 29.9 Å². The van der Waals surface area contributed by atoms with Crippen LogP contribution in [0.3, 0.4) is 0 Å². The summed E-state index contributed by atoms with van der Waals surface area (Å²) in [6.45, 7) is 0.563. The van der Waals surface area contributed by atoms with E-state index >= 15 is 0 Å². The second-order valence-electron chi connectivity index (χ2n) is 5.41. The van der Waals surface area contributed by atoms with Crippen LogP contribution < -0.4 is 0 Å². The van der Waals surface area contributed by atoms with Gasteiger partial charge < -0.3 is 10.0 Å². The van der Waals surface area contributed by atoms with E-state index in [1.54, 1.807) is 0 Å². The van der Waals surface area contributed by atoms with Gasteiger partial charge in [0.25, 0.3) is 0 Å². The minimum absolute atomic E-state index is 0.0954. The van der Waals surface area contributed by atoms with Crippen LogP contribution in [0.5, 0.6) is 0 Å². The van der Waals surface area contributed by atoms with Crippen molar-refractivity contribution in [2.75, 3.05) is 13.1 Å². The van der Waals surface area contributed by atoms with E-state index in [1.165, 1.54) is 4.90 Å². The van der Waals surface area contributed by atoms with Gasteiger partial charge in [-0.3, -0.25) is 4.79 Å². The summed E-state index contributed by atoms with van der Waals surface area (Å²) in [7, 11) is 0. The molecule has 0 aliphatic carbocycles. The number of nitrogens with zero attached hydrogens (tertiary/aromatic N) is 4. The van der Waals surface area contributed by atoms with Crippen LogP contribution in [0, 0.1) is 5.92 Å². The smallest absolute Gasteiger partial charge is 0.326 e. The summed E-state index contributed by atoms with van der Waals surface area (Å²) in [6, 6.07) is 8.76. The molecule has 1 aromatic carbocycles. The molecule has 1 amide bonds. The van der Waals surface area contributed by atoms with Gasteiger partial charge in [0.15, 0.2) is 0 Å². The molecule has 0 radical (unpaired) electrons. The molecule has 1 fully saturated rings. The van der Waals surface area contributed by atoms with E-state index in [4.69, 9.17) is 5.53 Å². The van der Waals surface area contributed by atoms with Gasteiger partial charge in [0.1, 0.15) is 6.04 Å². The number of carbonyl (C=O) groups excluding carboxylic acids is 1. The second-order valence-corrected chi connectivity index (χ2v) is 5.41. The number of hydrogen-bond acceptors (Lipinski definition) is 3. The molecule has 1 heterocycles. The Bertz CT molecular complexity index is 584. The molecular formula is C15H18N4O3. The molecule has 2 unspecified atom stereocenters. The maximum Gasteiger partial charge on any atom is 0.326 e. The van der Waals surface area contributed by atoms with E-state index in [9.17, 15) is 14.7 Å². The fourth-order valence-electron chi connectivity index (χ4n) is 2.74. The summed E-state index contributed by atoms with van der Waals surface area (Å²) in [4.78, 5) is 27.6. The zero-order valence-corrected chi connectivity index (χ0v) is 12.1. The zero-order chi connectivity index (χ0) is 15.9. The van der Waals surface area contributed by atoms with E-state index in [0.717, 1.165) is 5.56 Å². The van der Waals surface area contributed by atoms with Crippen molar-refractivity contribution < 1.29 is 14.7 Å². The summed E-state index contributed by atoms with van der Waals surface area (Å²) < 4.78 is 0. The highest BCUT2D eigenvalue weighted by Crippen LogP contribution is 2.23. The molecule has 1 aliphatic heterocycles. The van der Waals surface area contributed by atoms with E-state index in [-0.39, 0.29) is 24.8 Å². The predicted octanol–water partition coefficient (Wildman–Crippen LogP) is 2.23. The maximum atomic E-state index is 12.0. The average molecular weight is 302 g/mol. The highest BCUT2D eigenvalue weighted by molar-refractivity contribution is 5.85. The van der Waals surface area contributed by atoms with Crippen molar-refractivity contribution in [3.8, 4) is 0 Å². The molecule has 1 N–H and O–H groups in total. The lowest BCUT2D eigenvalue weighted by atomic mass is 10.0. The van der Waals surface area contributed by atoms with Crippen LogP contribution in [0.1, 0.15) is 18.4 Å². The van der Waals surface area contributed by atoms with Crippen LogP contribution in [-0.4, -0.2) is 41.0 Å². The van der Waals surface area contributed by atoms with Crippen molar-refractivity contribution in [2.24, 2.45) is 11.0 Å². The number of likely N-dealkylation sites (tertiary alicyclic amines) is 1. The van der Waals surface area contributed by atoms with Crippen molar-refractivity contribution in [1.82, 2.24) is 4.90 Å². The van der Waals surface area contributed by atoms with Crippen LogP contribution >= 0.6 is 0 Å². The van der Waals surface area contributed by atoms with E-state index in [1.807, 2.05) is 30.3 Å². The molecular weight excluding hydrogens is 284 g/mol. The number of carboxylic acids is 1. The number of carbonyl (C=O) groups is 2. The Balaban J connectivity index is 2.00. The molecule has 7 heteroatoms. The third kappa shape index (κ3) is 3.99. The third-order valence-corrected chi connectivity index (χ3v) is 3.85. The number of aryl methyl sites for hydroxylation is 1.